The van der Waals surface area contributed by atoms with Crippen molar-refractivity contribution in [2.75, 3.05) is 26.2 Å². The van der Waals surface area contributed by atoms with Gasteiger partial charge in [-0.15, -0.1) is 0 Å². The summed E-state index contributed by atoms with van der Waals surface area (Å²) in [5, 5.41) is 9.75. The number of carbonyl (C=O) groups excluding carboxylic acids is 1. The molecule has 5 nitrogen and oxygen atoms in total. The zero-order valence-electron chi connectivity index (χ0n) is 18.0. The van der Waals surface area contributed by atoms with Gasteiger partial charge >= 0.3 is 0 Å². The van der Waals surface area contributed by atoms with Crippen molar-refractivity contribution in [1.82, 2.24) is 9.80 Å². The summed E-state index contributed by atoms with van der Waals surface area (Å²) in [5.41, 5.74) is 3.29. The van der Waals surface area contributed by atoms with E-state index in [1.807, 2.05) is 12.1 Å². The molecule has 2 aliphatic heterocycles. The number of benzene rings is 2. The number of rotatable bonds is 7. The SMILES string of the molecule is CCCOc1ccc(CN2C[C@@H]3CN(C(C)=O)[C@H](c4ccccc4)[C@@H]3C2)cc1CO. The van der Waals surface area contributed by atoms with E-state index in [9.17, 15) is 9.90 Å². The summed E-state index contributed by atoms with van der Waals surface area (Å²) in [5.74, 6) is 1.91. The van der Waals surface area contributed by atoms with E-state index in [0.717, 1.165) is 43.9 Å². The van der Waals surface area contributed by atoms with Crippen LogP contribution in [0.1, 0.15) is 43.0 Å². The molecule has 0 bridgehead atoms. The van der Waals surface area contributed by atoms with Crippen molar-refractivity contribution in [3.63, 3.8) is 0 Å². The first kappa shape index (κ1) is 20.9. The van der Waals surface area contributed by atoms with E-state index >= 15 is 0 Å². The van der Waals surface area contributed by atoms with Gasteiger partial charge in [0, 0.05) is 44.6 Å². The van der Waals surface area contributed by atoms with Gasteiger partial charge in [0.25, 0.3) is 0 Å². The number of likely N-dealkylation sites (tertiary alicyclic amines) is 2. The lowest BCUT2D eigenvalue weighted by Gasteiger charge is -2.29. The summed E-state index contributed by atoms with van der Waals surface area (Å²) < 4.78 is 5.75. The van der Waals surface area contributed by atoms with Gasteiger partial charge in [0.2, 0.25) is 5.91 Å². The standard InChI is InChI=1S/C25H32N2O3/c1-3-11-30-24-10-9-19(12-21(24)17-28)13-26-14-22-15-27(18(2)29)25(23(22)16-26)20-7-5-4-6-8-20/h4-10,12,22-23,25,28H,3,11,13-17H2,1-2H3/t22-,23-,25-/m1/s1. The lowest BCUT2D eigenvalue weighted by atomic mass is 9.89. The van der Waals surface area contributed by atoms with Crippen LogP contribution in [0.2, 0.25) is 0 Å². The molecule has 2 aromatic carbocycles. The van der Waals surface area contributed by atoms with Gasteiger partial charge in [-0.3, -0.25) is 9.69 Å². The van der Waals surface area contributed by atoms with Crippen molar-refractivity contribution in [3.8, 4) is 5.75 Å². The smallest absolute Gasteiger partial charge is 0.219 e. The lowest BCUT2D eigenvalue weighted by molar-refractivity contribution is -0.130. The summed E-state index contributed by atoms with van der Waals surface area (Å²) in [6, 6.07) is 16.8. The molecule has 5 heteroatoms. The van der Waals surface area contributed by atoms with E-state index in [2.05, 4.69) is 53.1 Å². The number of fused-ring (bicyclic) bond motifs is 1. The van der Waals surface area contributed by atoms with E-state index in [1.165, 1.54) is 11.1 Å². The van der Waals surface area contributed by atoms with Crippen molar-refractivity contribution in [2.24, 2.45) is 11.8 Å². The van der Waals surface area contributed by atoms with Gasteiger partial charge in [-0.2, -0.15) is 0 Å². The van der Waals surface area contributed by atoms with Crippen LogP contribution in [-0.4, -0.2) is 47.1 Å². The van der Waals surface area contributed by atoms with Crippen LogP contribution >= 0.6 is 0 Å². The van der Waals surface area contributed by atoms with Gasteiger partial charge in [0.1, 0.15) is 5.75 Å². The third-order valence-electron chi connectivity index (χ3n) is 6.45. The predicted molar refractivity (Wildman–Crippen MR) is 117 cm³/mol. The Balaban J connectivity index is 1.47. The molecular weight excluding hydrogens is 376 g/mol. The van der Waals surface area contributed by atoms with Gasteiger partial charge < -0.3 is 14.7 Å². The van der Waals surface area contributed by atoms with Crippen LogP contribution in [0.4, 0.5) is 0 Å². The minimum absolute atomic E-state index is 0.0121. The van der Waals surface area contributed by atoms with Crippen LogP contribution in [-0.2, 0) is 17.9 Å². The number of nitrogens with zero attached hydrogens (tertiary/aromatic N) is 2. The van der Waals surface area contributed by atoms with E-state index < -0.39 is 0 Å². The first-order valence-electron chi connectivity index (χ1n) is 11.0. The van der Waals surface area contributed by atoms with E-state index in [0.29, 0.717) is 18.4 Å². The van der Waals surface area contributed by atoms with Gasteiger partial charge in [-0.25, -0.2) is 0 Å². The van der Waals surface area contributed by atoms with Crippen LogP contribution < -0.4 is 4.74 Å². The fourth-order valence-electron chi connectivity index (χ4n) is 5.13. The van der Waals surface area contributed by atoms with Crippen LogP contribution in [0.15, 0.2) is 48.5 Å². The molecule has 4 rings (SSSR count). The first-order chi connectivity index (χ1) is 14.6. The number of carbonyl (C=O) groups is 1. The summed E-state index contributed by atoms with van der Waals surface area (Å²) in [4.78, 5) is 16.8. The minimum Gasteiger partial charge on any atom is -0.493 e. The van der Waals surface area contributed by atoms with Gasteiger partial charge in [-0.05, 0) is 35.6 Å². The quantitative estimate of drug-likeness (QED) is 0.760. The van der Waals surface area contributed by atoms with Gasteiger partial charge in [0.15, 0.2) is 0 Å². The average molecular weight is 409 g/mol. The van der Waals surface area contributed by atoms with E-state index in [1.54, 1.807) is 6.92 Å². The number of aliphatic hydroxyl groups excluding tert-OH is 1. The number of hydrogen-bond acceptors (Lipinski definition) is 4. The Kier molecular flexibility index (Phi) is 6.40. The van der Waals surface area contributed by atoms with Crippen molar-refractivity contribution in [2.45, 2.75) is 39.5 Å². The van der Waals surface area contributed by atoms with Gasteiger partial charge in [-0.1, -0.05) is 43.3 Å². The molecule has 2 heterocycles. The van der Waals surface area contributed by atoms with Crippen LogP contribution in [0.5, 0.6) is 5.75 Å². The molecule has 1 N–H and O–H groups in total. The van der Waals surface area contributed by atoms with Crippen LogP contribution in [0.25, 0.3) is 0 Å². The van der Waals surface area contributed by atoms with Crippen LogP contribution in [0.3, 0.4) is 0 Å². The normalized spacial score (nSPS) is 23.6. The fraction of sp³-hybridized carbons (Fsp3) is 0.480. The molecule has 2 fully saturated rings. The molecule has 2 aromatic rings. The second kappa shape index (κ2) is 9.19. The lowest BCUT2D eigenvalue weighted by Crippen LogP contribution is -2.34. The van der Waals surface area contributed by atoms with E-state index in [-0.39, 0.29) is 18.6 Å². The average Bonchev–Trinajstić information content (AvgIpc) is 3.30. The third-order valence-corrected chi connectivity index (χ3v) is 6.45. The Bertz CT molecular complexity index is 870. The second-order valence-corrected chi connectivity index (χ2v) is 8.59. The van der Waals surface area contributed by atoms with Crippen LogP contribution in [0, 0.1) is 11.8 Å². The highest BCUT2D eigenvalue weighted by Crippen LogP contribution is 2.45. The topological polar surface area (TPSA) is 53.0 Å². The molecule has 0 aliphatic carbocycles. The summed E-state index contributed by atoms with van der Waals surface area (Å²) in [6.07, 6.45) is 0.947. The Morgan fingerprint density at radius 3 is 2.63 bits per heavy atom. The molecule has 0 unspecified atom stereocenters. The number of amides is 1. The molecule has 0 spiro atoms. The molecule has 2 aliphatic rings. The molecule has 3 atom stereocenters. The molecule has 160 valence electrons. The molecule has 30 heavy (non-hydrogen) atoms. The maximum atomic E-state index is 12.3. The summed E-state index contributed by atoms with van der Waals surface area (Å²) >= 11 is 0. The number of aliphatic hydroxyl groups is 1. The molecule has 0 saturated carbocycles. The van der Waals surface area contributed by atoms with Crippen molar-refractivity contribution in [1.29, 1.82) is 0 Å². The summed E-state index contributed by atoms with van der Waals surface area (Å²) in [7, 11) is 0. The molecule has 1 amide bonds. The van der Waals surface area contributed by atoms with Crippen molar-refractivity contribution < 1.29 is 14.6 Å². The maximum absolute atomic E-state index is 12.3. The zero-order valence-corrected chi connectivity index (χ0v) is 18.0. The molecule has 2 saturated heterocycles. The second-order valence-electron chi connectivity index (χ2n) is 8.59. The first-order valence-corrected chi connectivity index (χ1v) is 11.0. The highest BCUT2D eigenvalue weighted by Gasteiger charge is 2.48. The zero-order chi connectivity index (χ0) is 21.1. The molecular formula is C25H32N2O3. The number of ether oxygens (including phenoxy) is 1. The van der Waals surface area contributed by atoms with E-state index in [4.69, 9.17) is 4.74 Å². The molecule has 0 radical (unpaired) electrons. The predicted octanol–water partition coefficient (Wildman–Crippen LogP) is 3.62. The Hall–Kier alpha value is -2.37. The van der Waals surface area contributed by atoms with Crippen molar-refractivity contribution >= 4 is 5.91 Å². The van der Waals surface area contributed by atoms with Crippen molar-refractivity contribution in [3.05, 3.63) is 65.2 Å². The molecule has 0 aromatic heterocycles. The Morgan fingerprint density at radius 1 is 1.13 bits per heavy atom. The Labute approximate surface area is 179 Å². The highest BCUT2D eigenvalue weighted by atomic mass is 16.5. The summed E-state index contributed by atoms with van der Waals surface area (Å²) in [6.45, 7) is 8.09. The fourth-order valence-corrected chi connectivity index (χ4v) is 5.13. The largest absolute Gasteiger partial charge is 0.493 e. The monoisotopic (exact) mass is 408 g/mol. The minimum atomic E-state index is -0.0121. The number of hydrogen-bond donors (Lipinski definition) is 1. The highest BCUT2D eigenvalue weighted by molar-refractivity contribution is 5.74. The Morgan fingerprint density at radius 2 is 1.93 bits per heavy atom. The van der Waals surface area contributed by atoms with Gasteiger partial charge in [0.05, 0.1) is 19.3 Å². The third kappa shape index (κ3) is 4.23. The maximum Gasteiger partial charge on any atom is 0.219 e.